The van der Waals surface area contributed by atoms with E-state index in [9.17, 15) is 4.79 Å². The first kappa shape index (κ1) is 15.3. The van der Waals surface area contributed by atoms with Crippen LogP contribution in [0.4, 0.5) is 6.01 Å². The zero-order valence-corrected chi connectivity index (χ0v) is 13.7. The first-order chi connectivity index (χ1) is 11.7. The number of anilines is 1. The summed E-state index contributed by atoms with van der Waals surface area (Å²) < 4.78 is 5.53. The molecular formula is C17H21N5O2. The van der Waals surface area contributed by atoms with E-state index in [1.54, 1.807) is 6.20 Å². The third-order valence-corrected chi connectivity index (χ3v) is 4.73. The van der Waals surface area contributed by atoms with Crippen molar-refractivity contribution < 1.29 is 9.21 Å². The second-order valence-electron chi connectivity index (χ2n) is 6.60. The molecule has 1 saturated heterocycles. The maximum atomic E-state index is 12.6. The van der Waals surface area contributed by atoms with Gasteiger partial charge in [-0.1, -0.05) is 11.2 Å². The number of rotatable bonds is 5. The minimum Gasteiger partial charge on any atom is -0.408 e. The van der Waals surface area contributed by atoms with Gasteiger partial charge in [0, 0.05) is 18.7 Å². The number of pyridine rings is 1. The fraction of sp³-hybridized carbons (Fsp3) is 0.529. The van der Waals surface area contributed by atoms with E-state index in [0.29, 0.717) is 18.4 Å². The van der Waals surface area contributed by atoms with Crippen molar-refractivity contribution in [2.45, 2.75) is 51.1 Å². The van der Waals surface area contributed by atoms with Crippen LogP contribution in [0.25, 0.3) is 0 Å². The van der Waals surface area contributed by atoms with Gasteiger partial charge in [0.25, 0.3) is 0 Å². The highest BCUT2D eigenvalue weighted by atomic mass is 16.4. The molecule has 1 N–H and O–H groups in total. The van der Waals surface area contributed by atoms with Crippen molar-refractivity contribution in [2.24, 2.45) is 0 Å². The fourth-order valence-electron chi connectivity index (χ4n) is 3.16. The Balaban J connectivity index is 1.41. The Morgan fingerprint density at radius 1 is 1.38 bits per heavy atom. The van der Waals surface area contributed by atoms with Crippen LogP contribution >= 0.6 is 0 Å². The summed E-state index contributed by atoms with van der Waals surface area (Å²) in [6.07, 6.45) is 5.82. The maximum Gasteiger partial charge on any atom is 0.322 e. The van der Waals surface area contributed by atoms with E-state index in [4.69, 9.17) is 4.42 Å². The minimum atomic E-state index is -0.178. The van der Waals surface area contributed by atoms with Gasteiger partial charge in [-0.05, 0) is 50.8 Å². The molecule has 24 heavy (non-hydrogen) atoms. The molecule has 0 spiro atoms. The van der Waals surface area contributed by atoms with Crippen LogP contribution in [0.5, 0.6) is 0 Å². The molecule has 7 heteroatoms. The molecular weight excluding hydrogens is 306 g/mol. The van der Waals surface area contributed by atoms with Crippen LogP contribution in [0.15, 0.2) is 22.7 Å². The van der Waals surface area contributed by atoms with E-state index >= 15 is 0 Å². The number of likely N-dealkylation sites (tertiary alicyclic amines) is 1. The summed E-state index contributed by atoms with van der Waals surface area (Å²) in [7, 11) is 0. The molecule has 1 aliphatic heterocycles. The van der Waals surface area contributed by atoms with Crippen molar-refractivity contribution in [3.05, 3.63) is 35.5 Å². The van der Waals surface area contributed by atoms with Gasteiger partial charge in [0.15, 0.2) is 0 Å². The molecule has 1 atom stereocenters. The van der Waals surface area contributed by atoms with Gasteiger partial charge in [0.1, 0.15) is 0 Å². The van der Waals surface area contributed by atoms with Crippen LogP contribution in [0.3, 0.4) is 0 Å². The number of amides is 1. The van der Waals surface area contributed by atoms with Crippen LogP contribution in [0.2, 0.25) is 0 Å². The predicted molar refractivity (Wildman–Crippen MR) is 87.3 cm³/mol. The van der Waals surface area contributed by atoms with Crippen LogP contribution in [0, 0.1) is 6.92 Å². The van der Waals surface area contributed by atoms with Gasteiger partial charge in [-0.2, -0.15) is 0 Å². The number of aromatic nitrogens is 3. The Bertz CT molecular complexity index is 740. The number of hydrogen-bond donors (Lipinski definition) is 1. The summed E-state index contributed by atoms with van der Waals surface area (Å²) in [5.41, 5.74) is 2.17. The molecule has 3 heterocycles. The number of aryl methyl sites for hydroxylation is 1. The summed E-state index contributed by atoms with van der Waals surface area (Å²) in [5.74, 6) is 0.947. The van der Waals surface area contributed by atoms with Crippen LogP contribution in [-0.2, 0) is 11.3 Å². The van der Waals surface area contributed by atoms with E-state index in [0.717, 1.165) is 43.5 Å². The quantitative estimate of drug-likeness (QED) is 0.907. The molecule has 0 radical (unpaired) electrons. The smallest absolute Gasteiger partial charge is 0.322 e. The Hall–Kier alpha value is -2.28. The van der Waals surface area contributed by atoms with Gasteiger partial charge < -0.3 is 4.42 Å². The van der Waals surface area contributed by atoms with Crippen molar-refractivity contribution in [2.75, 3.05) is 11.9 Å². The van der Waals surface area contributed by atoms with Crippen LogP contribution in [-0.4, -0.2) is 38.6 Å². The van der Waals surface area contributed by atoms with Crippen LogP contribution < -0.4 is 5.32 Å². The van der Waals surface area contributed by atoms with Gasteiger partial charge >= 0.3 is 6.01 Å². The van der Waals surface area contributed by atoms with Crippen molar-refractivity contribution >= 4 is 11.9 Å². The maximum absolute atomic E-state index is 12.6. The standard InChI is InChI=1S/C17H21N5O2/c1-11-4-2-8-18-13(11)10-22-9-3-5-14(22)15(23)19-17-21-20-16(24-17)12-6-7-12/h2,4,8,12,14H,3,5-7,9-10H2,1H3,(H,19,21,23). The highest BCUT2D eigenvalue weighted by Gasteiger charge is 2.33. The highest BCUT2D eigenvalue weighted by Crippen LogP contribution is 2.39. The molecule has 0 bridgehead atoms. The van der Waals surface area contributed by atoms with Crippen molar-refractivity contribution in [3.8, 4) is 0 Å². The summed E-state index contributed by atoms with van der Waals surface area (Å²) in [5, 5.41) is 10.7. The van der Waals surface area contributed by atoms with E-state index < -0.39 is 0 Å². The molecule has 1 amide bonds. The molecule has 0 aromatic carbocycles. The molecule has 1 aliphatic carbocycles. The monoisotopic (exact) mass is 327 g/mol. The Morgan fingerprint density at radius 2 is 2.25 bits per heavy atom. The first-order valence-electron chi connectivity index (χ1n) is 8.49. The highest BCUT2D eigenvalue weighted by molar-refractivity contribution is 5.93. The lowest BCUT2D eigenvalue weighted by Crippen LogP contribution is -2.39. The van der Waals surface area contributed by atoms with Crippen LogP contribution in [0.1, 0.15) is 48.7 Å². The SMILES string of the molecule is Cc1cccnc1CN1CCCC1C(=O)Nc1nnc(C2CC2)o1. The van der Waals surface area contributed by atoms with Gasteiger partial charge in [0.2, 0.25) is 11.8 Å². The zero-order valence-electron chi connectivity index (χ0n) is 13.7. The molecule has 4 rings (SSSR count). The Labute approximate surface area is 140 Å². The summed E-state index contributed by atoms with van der Waals surface area (Å²) in [4.78, 5) is 19.2. The van der Waals surface area contributed by atoms with E-state index in [-0.39, 0.29) is 18.0 Å². The largest absolute Gasteiger partial charge is 0.408 e. The van der Waals surface area contributed by atoms with Crippen molar-refractivity contribution in [1.82, 2.24) is 20.1 Å². The summed E-state index contributed by atoms with van der Waals surface area (Å²) in [6, 6.07) is 4.01. The number of carbonyl (C=O) groups excluding carboxylic acids is 1. The molecule has 126 valence electrons. The van der Waals surface area contributed by atoms with Gasteiger partial charge in [-0.25, -0.2) is 0 Å². The summed E-state index contributed by atoms with van der Waals surface area (Å²) >= 11 is 0. The van der Waals surface area contributed by atoms with E-state index in [1.807, 2.05) is 19.1 Å². The normalized spacial score (nSPS) is 21.1. The lowest BCUT2D eigenvalue weighted by Gasteiger charge is -2.23. The second-order valence-corrected chi connectivity index (χ2v) is 6.60. The zero-order chi connectivity index (χ0) is 16.5. The molecule has 7 nitrogen and oxygen atoms in total. The lowest BCUT2D eigenvalue weighted by atomic mass is 10.1. The Kier molecular flexibility index (Phi) is 4.02. The predicted octanol–water partition coefficient (Wildman–Crippen LogP) is 2.25. The summed E-state index contributed by atoms with van der Waals surface area (Å²) in [6.45, 7) is 3.62. The van der Waals surface area contributed by atoms with Gasteiger partial charge in [-0.15, -0.1) is 5.10 Å². The molecule has 2 aliphatic rings. The third kappa shape index (κ3) is 3.17. The molecule has 1 unspecified atom stereocenters. The number of carbonyl (C=O) groups is 1. The average Bonchev–Trinajstić information content (AvgIpc) is 3.14. The number of hydrogen-bond acceptors (Lipinski definition) is 6. The van der Waals surface area contributed by atoms with E-state index in [2.05, 4.69) is 25.4 Å². The lowest BCUT2D eigenvalue weighted by molar-refractivity contribution is -0.120. The van der Waals surface area contributed by atoms with Gasteiger partial charge in [-0.3, -0.25) is 20.0 Å². The minimum absolute atomic E-state index is 0.0768. The third-order valence-electron chi connectivity index (χ3n) is 4.73. The average molecular weight is 327 g/mol. The molecule has 2 aromatic rings. The number of nitrogens with one attached hydrogen (secondary N) is 1. The molecule has 2 fully saturated rings. The Morgan fingerprint density at radius 3 is 3.04 bits per heavy atom. The van der Waals surface area contributed by atoms with Crippen molar-refractivity contribution in [1.29, 1.82) is 0 Å². The van der Waals surface area contributed by atoms with Crippen molar-refractivity contribution in [3.63, 3.8) is 0 Å². The fourth-order valence-corrected chi connectivity index (χ4v) is 3.16. The number of nitrogens with zero attached hydrogens (tertiary/aromatic N) is 4. The topological polar surface area (TPSA) is 84.2 Å². The molecule has 2 aromatic heterocycles. The van der Waals surface area contributed by atoms with Gasteiger partial charge in [0.05, 0.1) is 11.7 Å². The second kappa shape index (κ2) is 6.32. The molecule has 1 saturated carbocycles. The first-order valence-corrected chi connectivity index (χ1v) is 8.49. The van der Waals surface area contributed by atoms with E-state index in [1.165, 1.54) is 0 Å².